The summed E-state index contributed by atoms with van der Waals surface area (Å²) in [4.78, 5) is 5.53. The van der Waals surface area contributed by atoms with Gasteiger partial charge in [-0.25, -0.2) is 4.98 Å². The average molecular weight is 224 g/mol. The van der Waals surface area contributed by atoms with Gasteiger partial charge in [-0.1, -0.05) is 32.1 Å². The quantitative estimate of drug-likeness (QED) is 0.854. The summed E-state index contributed by atoms with van der Waals surface area (Å²) in [7, 11) is 0. The molecule has 1 fully saturated rings. The molecule has 0 aromatic carbocycles. The van der Waals surface area contributed by atoms with Crippen LogP contribution in [0.3, 0.4) is 0 Å². The summed E-state index contributed by atoms with van der Waals surface area (Å²) in [6.07, 6.45) is 10.1. The van der Waals surface area contributed by atoms with Crippen molar-refractivity contribution in [3.63, 3.8) is 0 Å². The molecule has 1 unspecified atom stereocenters. The van der Waals surface area contributed by atoms with E-state index in [0.29, 0.717) is 0 Å². The van der Waals surface area contributed by atoms with Crippen LogP contribution in [-0.4, -0.2) is 4.98 Å². The zero-order valence-electron chi connectivity index (χ0n) is 9.41. The van der Waals surface area contributed by atoms with Crippen LogP contribution in [0.25, 0.3) is 0 Å². The summed E-state index contributed by atoms with van der Waals surface area (Å²) < 4.78 is 0. The number of hydrogen-bond acceptors (Lipinski definition) is 3. The minimum Gasteiger partial charge on any atom is -0.323 e. The van der Waals surface area contributed by atoms with Gasteiger partial charge in [0, 0.05) is 17.1 Å². The average Bonchev–Trinajstić information content (AvgIpc) is 2.66. The largest absolute Gasteiger partial charge is 0.323 e. The lowest BCUT2D eigenvalue weighted by molar-refractivity contribution is 0.320. The van der Waals surface area contributed by atoms with E-state index >= 15 is 0 Å². The zero-order chi connectivity index (χ0) is 10.7. The standard InChI is InChI=1S/C12H20N2S/c1-9-14-8-12(15-9)11(13)7-10-5-3-2-4-6-10/h8,10-11H,2-7,13H2,1H3. The van der Waals surface area contributed by atoms with E-state index in [1.165, 1.54) is 37.0 Å². The highest BCUT2D eigenvalue weighted by Crippen LogP contribution is 2.32. The molecule has 15 heavy (non-hydrogen) atoms. The summed E-state index contributed by atoms with van der Waals surface area (Å²) in [5.41, 5.74) is 6.21. The maximum atomic E-state index is 6.21. The number of rotatable bonds is 3. The summed E-state index contributed by atoms with van der Waals surface area (Å²) in [6.45, 7) is 2.04. The van der Waals surface area contributed by atoms with Crippen molar-refractivity contribution in [2.45, 2.75) is 51.5 Å². The normalized spacial score (nSPS) is 20.4. The second-order valence-electron chi connectivity index (χ2n) is 4.63. The minimum absolute atomic E-state index is 0.222. The molecule has 1 atom stereocenters. The second-order valence-corrected chi connectivity index (χ2v) is 5.89. The van der Waals surface area contributed by atoms with Crippen LogP contribution in [0.4, 0.5) is 0 Å². The van der Waals surface area contributed by atoms with Crippen LogP contribution < -0.4 is 5.73 Å². The number of aromatic nitrogens is 1. The van der Waals surface area contributed by atoms with Gasteiger partial charge in [-0.05, 0) is 19.3 Å². The van der Waals surface area contributed by atoms with Gasteiger partial charge in [-0.15, -0.1) is 11.3 Å². The van der Waals surface area contributed by atoms with Crippen LogP contribution >= 0.6 is 11.3 Å². The van der Waals surface area contributed by atoms with E-state index in [1.54, 1.807) is 11.3 Å². The van der Waals surface area contributed by atoms with Crippen molar-refractivity contribution >= 4 is 11.3 Å². The van der Waals surface area contributed by atoms with E-state index in [1.807, 2.05) is 13.1 Å². The summed E-state index contributed by atoms with van der Waals surface area (Å²) in [5.74, 6) is 0.858. The fraction of sp³-hybridized carbons (Fsp3) is 0.750. The Morgan fingerprint density at radius 1 is 1.47 bits per heavy atom. The second kappa shape index (κ2) is 5.08. The maximum Gasteiger partial charge on any atom is 0.0897 e. The maximum absolute atomic E-state index is 6.21. The number of aryl methyl sites for hydroxylation is 1. The van der Waals surface area contributed by atoms with Crippen LogP contribution in [0.5, 0.6) is 0 Å². The molecule has 0 radical (unpaired) electrons. The molecule has 0 saturated heterocycles. The lowest BCUT2D eigenvalue weighted by Gasteiger charge is -2.23. The lowest BCUT2D eigenvalue weighted by atomic mass is 9.85. The fourth-order valence-electron chi connectivity index (χ4n) is 2.45. The van der Waals surface area contributed by atoms with Gasteiger partial charge in [0.15, 0.2) is 0 Å². The Morgan fingerprint density at radius 3 is 2.80 bits per heavy atom. The highest BCUT2D eigenvalue weighted by molar-refractivity contribution is 7.11. The summed E-state index contributed by atoms with van der Waals surface area (Å²) >= 11 is 1.75. The van der Waals surface area contributed by atoms with Crippen molar-refractivity contribution in [1.29, 1.82) is 0 Å². The van der Waals surface area contributed by atoms with Crippen LogP contribution in [0, 0.1) is 12.8 Å². The van der Waals surface area contributed by atoms with E-state index in [4.69, 9.17) is 5.73 Å². The molecular weight excluding hydrogens is 204 g/mol. The van der Waals surface area contributed by atoms with E-state index < -0.39 is 0 Å². The number of nitrogens with zero attached hydrogens (tertiary/aromatic N) is 1. The molecule has 1 saturated carbocycles. The first-order chi connectivity index (χ1) is 7.25. The van der Waals surface area contributed by atoms with Gasteiger partial charge in [-0.2, -0.15) is 0 Å². The predicted octanol–water partition coefficient (Wildman–Crippen LogP) is 3.42. The summed E-state index contributed by atoms with van der Waals surface area (Å²) in [5, 5.41) is 1.13. The van der Waals surface area contributed by atoms with Crippen LogP contribution in [0.2, 0.25) is 0 Å². The molecule has 1 aromatic heterocycles. The van der Waals surface area contributed by atoms with E-state index in [2.05, 4.69) is 4.98 Å². The van der Waals surface area contributed by atoms with Crippen LogP contribution in [0.15, 0.2) is 6.20 Å². The molecule has 2 N–H and O–H groups in total. The molecule has 2 rings (SSSR count). The molecule has 1 aliphatic rings. The molecule has 3 heteroatoms. The minimum atomic E-state index is 0.222. The number of hydrogen-bond donors (Lipinski definition) is 1. The van der Waals surface area contributed by atoms with Gasteiger partial charge in [0.25, 0.3) is 0 Å². The molecule has 0 aliphatic heterocycles. The third kappa shape index (κ3) is 3.02. The van der Waals surface area contributed by atoms with Crippen molar-refractivity contribution in [3.05, 3.63) is 16.1 Å². The first kappa shape index (κ1) is 11.1. The van der Waals surface area contributed by atoms with Gasteiger partial charge in [0.1, 0.15) is 0 Å². The lowest BCUT2D eigenvalue weighted by Crippen LogP contribution is -2.16. The summed E-state index contributed by atoms with van der Waals surface area (Å²) in [6, 6.07) is 0.222. The molecule has 0 amide bonds. The molecule has 1 aliphatic carbocycles. The monoisotopic (exact) mass is 224 g/mol. The van der Waals surface area contributed by atoms with Crippen LogP contribution in [-0.2, 0) is 0 Å². The smallest absolute Gasteiger partial charge is 0.0897 e. The molecule has 2 nitrogen and oxygen atoms in total. The SMILES string of the molecule is Cc1ncc(C(N)CC2CCCCC2)s1. The predicted molar refractivity (Wildman–Crippen MR) is 65.0 cm³/mol. The third-order valence-electron chi connectivity index (χ3n) is 3.32. The molecule has 1 heterocycles. The Labute approximate surface area is 95.9 Å². The Balaban J connectivity index is 1.88. The van der Waals surface area contributed by atoms with Gasteiger partial charge < -0.3 is 5.73 Å². The van der Waals surface area contributed by atoms with E-state index in [9.17, 15) is 0 Å². The van der Waals surface area contributed by atoms with Crippen LogP contribution in [0.1, 0.15) is 54.5 Å². The molecule has 84 valence electrons. The van der Waals surface area contributed by atoms with Crippen molar-refractivity contribution in [2.24, 2.45) is 11.7 Å². The molecular formula is C12H20N2S. The van der Waals surface area contributed by atoms with Crippen molar-refractivity contribution < 1.29 is 0 Å². The van der Waals surface area contributed by atoms with Crippen molar-refractivity contribution in [2.75, 3.05) is 0 Å². The highest BCUT2D eigenvalue weighted by atomic mass is 32.1. The highest BCUT2D eigenvalue weighted by Gasteiger charge is 2.18. The Hall–Kier alpha value is -0.410. The van der Waals surface area contributed by atoms with Gasteiger partial charge in [0.05, 0.1) is 5.01 Å². The van der Waals surface area contributed by atoms with Gasteiger partial charge in [0.2, 0.25) is 0 Å². The Bertz CT molecular complexity index is 302. The Morgan fingerprint density at radius 2 is 2.20 bits per heavy atom. The number of thiazole rings is 1. The molecule has 0 bridgehead atoms. The van der Waals surface area contributed by atoms with E-state index in [-0.39, 0.29) is 6.04 Å². The van der Waals surface area contributed by atoms with Gasteiger partial charge in [-0.3, -0.25) is 0 Å². The topological polar surface area (TPSA) is 38.9 Å². The molecule has 0 spiro atoms. The van der Waals surface area contributed by atoms with E-state index in [0.717, 1.165) is 17.3 Å². The van der Waals surface area contributed by atoms with Crippen molar-refractivity contribution in [3.8, 4) is 0 Å². The zero-order valence-corrected chi connectivity index (χ0v) is 10.2. The number of nitrogens with two attached hydrogens (primary N) is 1. The Kier molecular flexibility index (Phi) is 3.76. The van der Waals surface area contributed by atoms with Gasteiger partial charge >= 0.3 is 0 Å². The first-order valence-electron chi connectivity index (χ1n) is 5.93. The third-order valence-corrected chi connectivity index (χ3v) is 4.36. The fourth-order valence-corrected chi connectivity index (χ4v) is 3.25. The van der Waals surface area contributed by atoms with Crippen molar-refractivity contribution in [1.82, 2.24) is 4.98 Å². The first-order valence-corrected chi connectivity index (χ1v) is 6.75. The molecule has 1 aromatic rings.